The predicted molar refractivity (Wildman–Crippen MR) is 124 cm³/mol. The summed E-state index contributed by atoms with van der Waals surface area (Å²) < 4.78 is 14.5. The first-order chi connectivity index (χ1) is 15.4. The number of halogens is 2. The Labute approximate surface area is 192 Å². The van der Waals surface area contributed by atoms with Crippen molar-refractivity contribution in [2.24, 2.45) is 5.92 Å². The van der Waals surface area contributed by atoms with Gasteiger partial charge in [0, 0.05) is 34.4 Å². The van der Waals surface area contributed by atoms with Crippen molar-refractivity contribution in [1.82, 2.24) is 0 Å². The number of benzene rings is 3. The Balaban J connectivity index is 1.37. The number of rotatable bonds is 5. The standard InChI is InChI=1S/C24H19BrFN3O3/c25-17-8-11-21(20(26)13-17)28-23(31)15-6-9-18(10-7-15)27-24(32)16-12-22(30)29(14-16)19-4-2-1-3-5-19/h1-11,13,16H,12,14H2,(H,27,32)(H,28,31). The average Bonchev–Trinajstić information content (AvgIpc) is 3.18. The number of nitrogens with zero attached hydrogens (tertiary/aromatic N) is 1. The van der Waals surface area contributed by atoms with Gasteiger partial charge in [0.05, 0.1) is 11.6 Å². The molecule has 0 spiro atoms. The molecule has 3 aromatic carbocycles. The predicted octanol–water partition coefficient (Wildman–Crippen LogP) is 4.83. The lowest BCUT2D eigenvalue weighted by Gasteiger charge is -2.16. The topological polar surface area (TPSA) is 78.5 Å². The summed E-state index contributed by atoms with van der Waals surface area (Å²) in [6.07, 6.45) is 0.139. The molecule has 1 unspecified atom stereocenters. The molecule has 0 saturated carbocycles. The van der Waals surface area contributed by atoms with E-state index in [9.17, 15) is 18.8 Å². The van der Waals surface area contributed by atoms with Gasteiger partial charge in [0.1, 0.15) is 5.82 Å². The maximum absolute atomic E-state index is 13.9. The third-order valence-electron chi connectivity index (χ3n) is 5.16. The summed E-state index contributed by atoms with van der Waals surface area (Å²) in [6, 6.07) is 19.9. The SMILES string of the molecule is O=C(Nc1ccc(Br)cc1F)c1ccc(NC(=O)C2CC(=O)N(c3ccccc3)C2)cc1. The Hall–Kier alpha value is -3.52. The molecule has 0 aliphatic carbocycles. The molecule has 0 bridgehead atoms. The number of carbonyl (C=O) groups is 3. The maximum Gasteiger partial charge on any atom is 0.255 e. The van der Waals surface area contributed by atoms with Gasteiger partial charge in [-0.3, -0.25) is 14.4 Å². The molecular formula is C24H19BrFN3O3. The molecule has 0 radical (unpaired) electrons. The second-order valence-electron chi connectivity index (χ2n) is 7.39. The van der Waals surface area contributed by atoms with Crippen LogP contribution in [0.4, 0.5) is 21.5 Å². The first kappa shape index (κ1) is 21.7. The van der Waals surface area contributed by atoms with Gasteiger partial charge < -0.3 is 15.5 Å². The Bertz CT molecular complexity index is 1170. The molecule has 3 amide bonds. The van der Waals surface area contributed by atoms with Crippen molar-refractivity contribution in [2.45, 2.75) is 6.42 Å². The van der Waals surface area contributed by atoms with E-state index in [1.165, 1.54) is 24.3 Å². The molecule has 1 fully saturated rings. The monoisotopic (exact) mass is 495 g/mol. The van der Waals surface area contributed by atoms with Crippen molar-refractivity contribution in [3.8, 4) is 0 Å². The first-order valence-corrected chi connectivity index (χ1v) is 10.7. The highest BCUT2D eigenvalue weighted by Crippen LogP contribution is 2.26. The summed E-state index contributed by atoms with van der Waals surface area (Å²) in [7, 11) is 0. The van der Waals surface area contributed by atoms with E-state index in [0.717, 1.165) is 5.69 Å². The number of anilines is 3. The smallest absolute Gasteiger partial charge is 0.255 e. The van der Waals surface area contributed by atoms with Gasteiger partial charge in [0.15, 0.2) is 0 Å². The third-order valence-corrected chi connectivity index (χ3v) is 5.65. The van der Waals surface area contributed by atoms with Crippen LogP contribution in [0.1, 0.15) is 16.8 Å². The van der Waals surface area contributed by atoms with E-state index in [0.29, 0.717) is 22.3 Å². The fraction of sp³-hybridized carbons (Fsp3) is 0.125. The van der Waals surface area contributed by atoms with E-state index in [-0.39, 0.29) is 23.9 Å². The minimum Gasteiger partial charge on any atom is -0.326 e. The molecular weight excluding hydrogens is 477 g/mol. The quantitative estimate of drug-likeness (QED) is 0.531. The first-order valence-electron chi connectivity index (χ1n) is 9.93. The second kappa shape index (κ2) is 9.32. The Morgan fingerprint density at radius 3 is 2.38 bits per heavy atom. The number of hydrogen-bond acceptors (Lipinski definition) is 3. The summed E-state index contributed by atoms with van der Waals surface area (Å²) in [6.45, 7) is 0.313. The average molecular weight is 496 g/mol. The number of hydrogen-bond donors (Lipinski definition) is 2. The summed E-state index contributed by atoms with van der Waals surface area (Å²) >= 11 is 3.17. The Morgan fingerprint density at radius 2 is 1.69 bits per heavy atom. The zero-order valence-electron chi connectivity index (χ0n) is 16.8. The van der Waals surface area contributed by atoms with Crippen LogP contribution in [-0.4, -0.2) is 24.3 Å². The van der Waals surface area contributed by atoms with Crippen molar-refractivity contribution in [1.29, 1.82) is 0 Å². The van der Waals surface area contributed by atoms with Gasteiger partial charge in [-0.1, -0.05) is 34.1 Å². The van der Waals surface area contributed by atoms with Crippen LogP contribution in [0.25, 0.3) is 0 Å². The van der Waals surface area contributed by atoms with Gasteiger partial charge in [-0.05, 0) is 54.6 Å². The lowest BCUT2D eigenvalue weighted by molar-refractivity contribution is -0.122. The van der Waals surface area contributed by atoms with Crippen molar-refractivity contribution < 1.29 is 18.8 Å². The van der Waals surface area contributed by atoms with Crippen LogP contribution in [0.5, 0.6) is 0 Å². The Morgan fingerprint density at radius 1 is 0.969 bits per heavy atom. The minimum absolute atomic E-state index is 0.0736. The van der Waals surface area contributed by atoms with Gasteiger partial charge >= 0.3 is 0 Å². The molecule has 3 aromatic rings. The van der Waals surface area contributed by atoms with Crippen LogP contribution in [0, 0.1) is 11.7 Å². The molecule has 162 valence electrons. The molecule has 2 N–H and O–H groups in total. The molecule has 1 saturated heterocycles. The van der Waals surface area contributed by atoms with Crippen molar-refractivity contribution in [3.05, 3.63) is 88.6 Å². The third kappa shape index (κ3) is 4.86. The van der Waals surface area contributed by atoms with E-state index in [1.807, 2.05) is 30.3 Å². The fourth-order valence-electron chi connectivity index (χ4n) is 3.48. The highest BCUT2D eigenvalue weighted by Gasteiger charge is 2.35. The maximum atomic E-state index is 13.9. The van der Waals surface area contributed by atoms with Crippen LogP contribution in [-0.2, 0) is 9.59 Å². The molecule has 6 nitrogen and oxygen atoms in total. The summed E-state index contributed by atoms with van der Waals surface area (Å²) in [4.78, 5) is 39.0. The number of amides is 3. The Kier molecular flexibility index (Phi) is 6.32. The van der Waals surface area contributed by atoms with Crippen molar-refractivity contribution in [2.75, 3.05) is 22.1 Å². The van der Waals surface area contributed by atoms with Gasteiger partial charge in [-0.15, -0.1) is 0 Å². The van der Waals surface area contributed by atoms with Gasteiger partial charge in [-0.2, -0.15) is 0 Å². The second-order valence-corrected chi connectivity index (χ2v) is 8.30. The van der Waals surface area contributed by atoms with Gasteiger partial charge in [0.25, 0.3) is 5.91 Å². The molecule has 1 aliphatic rings. The van der Waals surface area contributed by atoms with Crippen LogP contribution in [0.15, 0.2) is 77.3 Å². The number of para-hydroxylation sites is 1. The highest BCUT2D eigenvalue weighted by atomic mass is 79.9. The molecule has 1 aliphatic heterocycles. The van der Waals surface area contributed by atoms with E-state index >= 15 is 0 Å². The van der Waals surface area contributed by atoms with Crippen LogP contribution < -0.4 is 15.5 Å². The van der Waals surface area contributed by atoms with Crippen LogP contribution in [0.2, 0.25) is 0 Å². The fourth-order valence-corrected chi connectivity index (χ4v) is 3.81. The van der Waals surface area contributed by atoms with Crippen LogP contribution >= 0.6 is 15.9 Å². The lowest BCUT2D eigenvalue weighted by Crippen LogP contribution is -2.28. The molecule has 4 rings (SSSR count). The summed E-state index contributed by atoms with van der Waals surface area (Å²) in [5.74, 6) is -1.84. The van der Waals surface area contributed by atoms with E-state index < -0.39 is 17.6 Å². The number of nitrogens with one attached hydrogen (secondary N) is 2. The zero-order chi connectivity index (χ0) is 22.7. The zero-order valence-corrected chi connectivity index (χ0v) is 18.4. The summed E-state index contributed by atoms with van der Waals surface area (Å²) in [5.41, 5.74) is 1.67. The van der Waals surface area contributed by atoms with E-state index in [2.05, 4.69) is 26.6 Å². The van der Waals surface area contributed by atoms with Crippen molar-refractivity contribution in [3.63, 3.8) is 0 Å². The van der Waals surface area contributed by atoms with E-state index in [1.54, 1.807) is 23.1 Å². The van der Waals surface area contributed by atoms with Gasteiger partial charge in [0.2, 0.25) is 11.8 Å². The summed E-state index contributed by atoms with van der Waals surface area (Å²) in [5, 5.41) is 5.31. The molecule has 0 aromatic heterocycles. The van der Waals surface area contributed by atoms with E-state index in [4.69, 9.17) is 0 Å². The lowest BCUT2D eigenvalue weighted by atomic mass is 10.1. The molecule has 1 heterocycles. The molecule has 1 atom stereocenters. The largest absolute Gasteiger partial charge is 0.326 e. The normalized spacial score (nSPS) is 15.5. The minimum atomic E-state index is -0.549. The highest BCUT2D eigenvalue weighted by molar-refractivity contribution is 9.10. The number of carbonyl (C=O) groups excluding carboxylic acids is 3. The van der Waals surface area contributed by atoms with Crippen molar-refractivity contribution >= 4 is 50.7 Å². The van der Waals surface area contributed by atoms with Gasteiger partial charge in [-0.25, -0.2) is 4.39 Å². The molecule has 8 heteroatoms. The van der Waals surface area contributed by atoms with Crippen LogP contribution in [0.3, 0.4) is 0 Å². The molecule has 32 heavy (non-hydrogen) atoms.